The summed E-state index contributed by atoms with van der Waals surface area (Å²) in [6.07, 6.45) is 7.42. The Morgan fingerprint density at radius 2 is 0.758 bits per heavy atom. The van der Waals surface area contributed by atoms with Crippen molar-refractivity contribution in [2.75, 3.05) is 26.3 Å². The van der Waals surface area contributed by atoms with Crippen LogP contribution in [0, 0.1) is 0 Å². The minimum atomic E-state index is -0.532. The van der Waals surface area contributed by atoms with E-state index in [2.05, 4.69) is 0 Å². The lowest BCUT2D eigenvalue weighted by Gasteiger charge is -2.32. The van der Waals surface area contributed by atoms with Gasteiger partial charge in [-0.3, -0.25) is 14.4 Å². The van der Waals surface area contributed by atoms with E-state index in [9.17, 15) is 24.6 Å². The molecule has 2 heterocycles. The molecule has 2 atom stereocenters. The third kappa shape index (κ3) is 8.75. The molecule has 2 aliphatic heterocycles. The molecule has 2 unspecified atom stereocenters. The van der Waals surface area contributed by atoms with Gasteiger partial charge in [0, 0.05) is 93.2 Å². The van der Waals surface area contributed by atoms with E-state index in [1.807, 2.05) is 119 Å². The van der Waals surface area contributed by atoms with Gasteiger partial charge in [0.25, 0.3) is 0 Å². The Balaban J connectivity index is 1.11. The van der Waals surface area contributed by atoms with Gasteiger partial charge in [-0.1, -0.05) is 169 Å². The van der Waals surface area contributed by atoms with Crippen LogP contribution in [-0.4, -0.2) is 63.7 Å². The summed E-state index contributed by atoms with van der Waals surface area (Å²) in [5, 5.41) is 20.9. The zero-order valence-corrected chi connectivity index (χ0v) is 35.1. The van der Waals surface area contributed by atoms with Gasteiger partial charge in [0.15, 0.2) is 17.3 Å². The first-order valence-electron chi connectivity index (χ1n) is 20.3. The van der Waals surface area contributed by atoms with Gasteiger partial charge in [-0.15, -0.1) is 0 Å². The van der Waals surface area contributed by atoms with Crippen molar-refractivity contribution in [3.63, 3.8) is 0 Å². The number of aliphatic hydroxyl groups excluding tert-OH is 2. The Bertz CT molecular complexity index is 2550. The second-order valence-corrected chi connectivity index (χ2v) is 15.9. The molecule has 0 saturated carbocycles. The highest BCUT2D eigenvalue weighted by molar-refractivity contribution is 6.32. The first kappa shape index (κ1) is 42.1. The maximum absolute atomic E-state index is 14.2. The van der Waals surface area contributed by atoms with Gasteiger partial charge in [0.05, 0.1) is 13.2 Å². The molecule has 7 nitrogen and oxygen atoms in total. The van der Waals surface area contributed by atoms with Crippen molar-refractivity contribution in [1.29, 1.82) is 0 Å². The number of hydrogen-bond acceptors (Lipinski definition) is 7. The van der Waals surface area contributed by atoms with Crippen LogP contribution in [0.4, 0.5) is 0 Å². The maximum Gasteiger partial charge on any atom is 0.193 e. The molecule has 308 valence electrons. The first-order chi connectivity index (χ1) is 30.2. The van der Waals surface area contributed by atoms with Crippen molar-refractivity contribution in [2.45, 2.75) is 11.8 Å². The number of carbonyl (C=O) groups excluding carboxylic acids is 3. The van der Waals surface area contributed by atoms with Crippen LogP contribution in [0.15, 0.2) is 194 Å². The standard InChI is InChI=1S/C53H42Cl2N2O5/c54-47-17-9-7-15-41(47)49-43(31-56(27-29-58)33-45(49)52(61)37-11-3-1-4-12-37)35-19-23-39(24-20-35)51(60)40-25-21-36(22-26-40)44-32-57(28-30-59)34-46(53(62)38-13-5-2-6-14-38)50(44)42-16-8-10-18-48(42)55/h1-26,31-34,49-50,58-59H,27-30H2. The monoisotopic (exact) mass is 856 g/mol. The summed E-state index contributed by atoms with van der Waals surface area (Å²) < 4.78 is 0. The summed E-state index contributed by atoms with van der Waals surface area (Å²) >= 11 is 13.7. The van der Waals surface area contributed by atoms with Crippen molar-refractivity contribution in [1.82, 2.24) is 9.80 Å². The molecule has 2 N–H and O–H groups in total. The molecule has 0 radical (unpaired) electrons. The number of aliphatic hydroxyl groups is 2. The third-order valence-corrected chi connectivity index (χ3v) is 11.9. The van der Waals surface area contributed by atoms with E-state index in [4.69, 9.17) is 23.2 Å². The summed E-state index contributed by atoms with van der Waals surface area (Å²) in [6, 6.07) is 47.7. The molecule has 0 bridgehead atoms. The number of halogens is 2. The van der Waals surface area contributed by atoms with Crippen LogP contribution in [0.5, 0.6) is 0 Å². The fraction of sp³-hybridized carbons (Fsp3) is 0.113. The lowest BCUT2D eigenvalue weighted by molar-refractivity contribution is 0.101. The van der Waals surface area contributed by atoms with E-state index in [-0.39, 0.29) is 43.7 Å². The van der Waals surface area contributed by atoms with E-state index in [1.165, 1.54) is 0 Å². The lowest BCUT2D eigenvalue weighted by atomic mass is 9.77. The molecule has 8 rings (SSSR count). The van der Waals surface area contributed by atoms with Gasteiger partial charge in [0.2, 0.25) is 0 Å². The number of carbonyl (C=O) groups is 3. The Hall–Kier alpha value is -6.61. The minimum Gasteiger partial charge on any atom is -0.395 e. The summed E-state index contributed by atoms with van der Waals surface area (Å²) in [5.41, 5.74) is 7.69. The molecule has 0 aromatic heterocycles. The largest absolute Gasteiger partial charge is 0.395 e. The van der Waals surface area contributed by atoms with Gasteiger partial charge in [-0.05, 0) is 45.5 Å². The number of nitrogens with zero attached hydrogens (tertiary/aromatic N) is 2. The predicted molar refractivity (Wildman–Crippen MR) is 246 cm³/mol. The molecule has 0 fully saturated rings. The van der Waals surface area contributed by atoms with Crippen LogP contribution in [0.25, 0.3) is 11.1 Å². The van der Waals surface area contributed by atoms with Crippen molar-refractivity contribution >= 4 is 51.7 Å². The highest BCUT2D eigenvalue weighted by Gasteiger charge is 2.35. The van der Waals surface area contributed by atoms with Crippen molar-refractivity contribution in [3.8, 4) is 0 Å². The minimum absolute atomic E-state index is 0.126. The van der Waals surface area contributed by atoms with Crippen molar-refractivity contribution in [2.24, 2.45) is 0 Å². The average molecular weight is 858 g/mol. The number of hydrogen-bond donors (Lipinski definition) is 2. The van der Waals surface area contributed by atoms with Crippen LogP contribution in [-0.2, 0) is 0 Å². The molecular weight excluding hydrogens is 815 g/mol. The highest BCUT2D eigenvalue weighted by atomic mass is 35.5. The molecule has 6 aromatic rings. The quantitative estimate of drug-likeness (QED) is 0.105. The smallest absolute Gasteiger partial charge is 0.193 e. The molecule has 6 aromatic carbocycles. The first-order valence-corrected chi connectivity index (χ1v) is 21.0. The zero-order valence-electron chi connectivity index (χ0n) is 33.6. The van der Waals surface area contributed by atoms with Gasteiger partial charge >= 0.3 is 0 Å². The van der Waals surface area contributed by atoms with E-state index in [0.717, 1.165) is 33.4 Å². The number of benzene rings is 6. The summed E-state index contributed by atoms with van der Waals surface area (Å²) in [4.78, 5) is 46.1. The van der Waals surface area contributed by atoms with Gasteiger partial charge in [0.1, 0.15) is 0 Å². The van der Waals surface area contributed by atoms with Crippen LogP contribution in [0.1, 0.15) is 70.7 Å². The van der Waals surface area contributed by atoms with Crippen LogP contribution in [0.3, 0.4) is 0 Å². The normalized spacial score (nSPS) is 16.2. The SMILES string of the molecule is O=C(C1=CN(CCO)C=C(c2ccc(C(=O)c3ccc(C4=CN(CCO)C=C(C(=O)c5ccccc5)C4c4ccccc4Cl)cc3)cc2)C1c1ccccc1Cl)c1ccccc1. The number of Topliss-reactive ketones (excluding diaryl/α,β-unsaturated/α-hetero) is 2. The molecule has 0 aliphatic carbocycles. The van der Waals surface area contributed by atoms with Gasteiger partial charge in [-0.25, -0.2) is 0 Å². The molecule has 2 aliphatic rings. The number of β-amino-alcohol motifs (C(OH)–C–C–N with tert-alkyl or cyclic N) is 2. The summed E-state index contributed by atoms with van der Waals surface area (Å²) in [6.45, 7) is 0.290. The average Bonchev–Trinajstić information content (AvgIpc) is 3.32. The van der Waals surface area contributed by atoms with Gasteiger partial charge < -0.3 is 20.0 Å². The Labute approximate surface area is 370 Å². The summed E-state index contributed by atoms with van der Waals surface area (Å²) in [7, 11) is 0. The molecule has 0 amide bonds. The predicted octanol–water partition coefficient (Wildman–Crippen LogP) is 10.6. The zero-order chi connectivity index (χ0) is 43.2. The van der Waals surface area contributed by atoms with Crippen molar-refractivity contribution in [3.05, 3.63) is 248 Å². The second kappa shape index (κ2) is 19.0. The molecule has 0 saturated heterocycles. The number of allylic oxidation sites excluding steroid dienone is 4. The van der Waals surface area contributed by atoms with E-state index in [1.54, 1.807) is 73.1 Å². The van der Waals surface area contributed by atoms with E-state index < -0.39 is 11.8 Å². The number of rotatable bonds is 14. The van der Waals surface area contributed by atoms with E-state index >= 15 is 0 Å². The fourth-order valence-electron chi connectivity index (χ4n) is 8.17. The van der Waals surface area contributed by atoms with Crippen LogP contribution in [0.2, 0.25) is 10.0 Å². The van der Waals surface area contributed by atoms with Crippen LogP contribution < -0.4 is 0 Å². The number of ketones is 3. The molecule has 0 spiro atoms. The Kier molecular flexibility index (Phi) is 12.9. The highest BCUT2D eigenvalue weighted by Crippen LogP contribution is 2.46. The topological polar surface area (TPSA) is 98.2 Å². The lowest BCUT2D eigenvalue weighted by Crippen LogP contribution is -2.26. The van der Waals surface area contributed by atoms with E-state index in [0.29, 0.717) is 43.4 Å². The second-order valence-electron chi connectivity index (χ2n) is 15.0. The fourth-order valence-corrected chi connectivity index (χ4v) is 8.66. The van der Waals surface area contributed by atoms with Gasteiger partial charge in [-0.2, -0.15) is 0 Å². The Morgan fingerprint density at radius 1 is 0.419 bits per heavy atom. The molecular formula is C53H42Cl2N2O5. The van der Waals surface area contributed by atoms with Crippen LogP contribution >= 0.6 is 23.2 Å². The maximum atomic E-state index is 14.2. The third-order valence-electron chi connectivity index (χ3n) is 11.2. The Morgan fingerprint density at radius 3 is 1.11 bits per heavy atom. The van der Waals surface area contributed by atoms with Crippen molar-refractivity contribution < 1.29 is 24.6 Å². The molecule has 9 heteroatoms. The summed E-state index contributed by atoms with van der Waals surface area (Å²) in [5.74, 6) is -1.56. The molecule has 62 heavy (non-hydrogen) atoms.